The molecule has 0 atom stereocenters. The number of aliphatic imine (C=N–C) groups is 1. The maximum atomic E-state index is 12.9. The zero-order valence-corrected chi connectivity index (χ0v) is 16.3. The number of hydrogen-bond acceptors (Lipinski definition) is 2. The van der Waals surface area contributed by atoms with Crippen LogP contribution in [-0.2, 0) is 11.3 Å². The minimum Gasteiger partial charge on any atom is -0.357 e. The van der Waals surface area contributed by atoms with E-state index in [-0.39, 0.29) is 35.7 Å². The summed E-state index contributed by atoms with van der Waals surface area (Å²) >= 11 is 0. The molecule has 1 amide bonds. The van der Waals surface area contributed by atoms with Crippen molar-refractivity contribution in [2.24, 2.45) is 4.99 Å². The van der Waals surface area contributed by atoms with Gasteiger partial charge in [-0.1, -0.05) is 12.1 Å². The predicted molar refractivity (Wildman–Crippen MR) is 105 cm³/mol. The van der Waals surface area contributed by atoms with E-state index in [1.165, 1.54) is 12.1 Å². The number of amides is 1. The summed E-state index contributed by atoms with van der Waals surface area (Å²) in [7, 11) is 0. The molecule has 0 aliphatic heterocycles. The molecule has 0 spiro atoms. The number of guanidine groups is 1. The summed E-state index contributed by atoms with van der Waals surface area (Å²) in [5, 5.41) is 9.35. The number of nitrogens with zero attached hydrogens (tertiary/aromatic N) is 1. The van der Waals surface area contributed by atoms with Crippen LogP contribution in [0.5, 0.6) is 0 Å². The molecule has 1 aliphatic rings. The van der Waals surface area contributed by atoms with Crippen LogP contribution in [0, 0.1) is 5.82 Å². The van der Waals surface area contributed by atoms with Crippen molar-refractivity contribution in [2.45, 2.75) is 45.2 Å². The van der Waals surface area contributed by atoms with Gasteiger partial charge in [0.1, 0.15) is 5.82 Å². The molecular formula is C17H26FIN4O. The highest BCUT2D eigenvalue weighted by atomic mass is 127. The van der Waals surface area contributed by atoms with Crippen molar-refractivity contribution in [3.63, 3.8) is 0 Å². The molecule has 3 N–H and O–H groups in total. The Morgan fingerprint density at radius 1 is 1.25 bits per heavy atom. The molecule has 0 unspecified atom stereocenters. The summed E-state index contributed by atoms with van der Waals surface area (Å²) in [6.45, 7) is 3.93. The highest BCUT2D eigenvalue weighted by molar-refractivity contribution is 14.0. The van der Waals surface area contributed by atoms with Crippen molar-refractivity contribution in [3.05, 3.63) is 35.6 Å². The van der Waals surface area contributed by atoms with Gasteiger partial charge in [0.25, 0.3) is 0 Å². The van der Waals surface area contributed by atoms with E-state index in [1.807, 2.05) is 6.92 Å². The molecule has 1 fully saturated rings. The highest BCUT2D eigenvalue weighted by Crippen LogP contribution is 2.18. The molecule has 5 nitrogen and oxygen atoms in total. The van der Waals surface area contributed by atoms with Gasteiger partial charge in [0.15, 0.2) is 5.96 Å². The molecule has 134 valence electrons. The number of carbonyl (C=O) groups excluding carboxylic acids is 1. The van der Waals surface area contributed by atoms with E-state index in [4.69, 9.17) is 0 Å². The van der Waals surface area contributed by atoms with Crippen LogP contribution >= 0.6 is 24.0 Å². The summed E-state index contributed by atoms with van der Waals surface area (Å²) in [5.41, 5.74) is 0.951. The minimum atomic E-state index is -0.243. The summed E-state index contributed by atoms with van der Waals surface area (Å²) in [4.78, 5) is 16.0. The Labute approximate surface area is 159 Å². The fraction of sp³-hybridized carbons (Fsp3) is 0.529. The lowest BCUT2D eigenvalue weighted by atomic mass is 10.2. The van der Waals surface area contributed by atoms with Crippen molar-refractivity contribution in [1.82, 2.24) is 16.0 Å². The van der Waals surface area contributed by atoms with Gasteiger partial charge in [0.05, 0.1) is 6.54 Å². The van der Waals surface area contributed by atoms with Gasteiger partial charge in [0, 0.05) is 25.6 Å². The molecule has 1 aromatic rings. The molecule has 0 radical (unpaired) electrons. The molecule has 1 aliphatic carbocycles. The van der Waals surface area contributed by atoms with Gasteiger partial charge in [-0.15, -0.1) is 24.0 Å². The SMILES string of the molecule is CCNC(=NCc1ccc(F)cc1)NCCCC(=O)NC1CC1.I. The van der Waals surface area contributed by atoms with E-state index in [1.54, 1.807) is 12.1 Å². The smallest absolute Gasteiger partial charge is 0.220 e. The summed E-state index contributed by atoms with van der Waals surface area (Å²) < 4.78 is 12.9. The fourth-order valence-electron chi connectivity index (χ4n) is 2.09. The van der Waals surface area contributed by atoms with Gasteiger partial charge in [0.2, 0.25) is 5.91 Å². The largest absolute Gasteiger partial charge is 0.357 e. The van der Waals surface area contributed by atoms with E-state index in [2.05, 4.69) is 20.9 Å². The Balaban J connectivity index is 0.00000288. The van der Waals surface area contributed by atoms with Crippen LogP contribution in [0.2, 0.25) is 0 Å². The number of nitrogens with one attached hydrogen (secondary N) is 3. The van der Waals surface area contributed by atoms with Crippen LogP contribution in [0.25, 0.3) is 0 Å². The van der Waals surface area contributed by atoms with Crippen LogP contribution in [0.4, 0.5) is 4.39 Å². The molecule has 1 saturated carbocycles. The average molecular weight is 448 g/mol. The predicted octanol–water partition coefficient (Wildman–Crippen LogP) is 2.56. The first-order valence-corrected chi connectivity index (χ1v) is 8.23. The third-order valence-electron chi connectivity index (χ3n) is 3.49. The standard InChI is InChI=1S/C17H25FN4O.HI/c1-2-19-17(21-12-13-5-7-14(18)8-6-13)20-11-3-4-16(23)22-15-9-10-15;/h5-8,15H,2-4,9-12H2,1H3,(H,22,23)(H2,19,20,21);1H. The molecule has 0 saturated heterocycles. The Hall–Kier alpha value is -1.38. The fourth-order valence-corrected chi connectivity index (χ4v) is 2.09. The molecule has 0 heterocycles. The summed E-state index contributed by atoms with van der Waals surface area (Å²) in [6, 6.07) is 6.74. The van der Waals surface area contributed by atoms with Crippen molar-refractivity contribution < 1.29 is 9.18 Å². The summed E-state index contributed by atoms with van der Waals surface area (Å²) in [6.07, 6.45) is 3.52. The first-order chi connectivity index (χ1) is 11.2. The summed E-state index contributed by atoms with van der Waals surface area (Å²) in [5.74, 6) is 0.592. The van der Waals surface area contributed by atoms with E-state index in [0.29, 0.717) is 31.5 Å². The van der Waals surface area contributed by atoms with E-state index in [9.17, 15) is 9.18 Å². The molecule has 7 heteroatoms. The zero-order valence-electron chi connectivity index (χ0n) is 14.0. The van der Waals surface area contributed by atoms with Crippen LogP contribution < -0.4 is 16.0 Å². The van der Waals surface area contributed by atoms with Gasteiger partial charge in [-0.25, -0.2) is 9.38 Å². The van der Waals surface area contributed by atoms with Crippen molar-refractivity contribution in [1.29, 1.82) is 0 Å². The second-order valence-corrected chi connectivity index (χ2v) is 5.69. The Kier molecular flexibility index (Phi) is 9.66. The normalized spacial score (nSPS) is 13.8. The quantitative estimate of drug-likeness (QED) is 0.248. The lowest BCUT2D eigenvalue weighted by Crippen LogP contribution is -2.38. The Bertz CT molecular complexity index is 532. The Morgan fingerprint density at radius 2 is 1.96 bits per heavy atom. The maximum absolute atomic E-state index is 12.9. The van der Waals surface area contributed by atoms with Crippen molar-refractivity contribution >= 4 is 35.8 Å². The van der Waals surface area contributed by atoms with Gasteiger partial charge in [-0.3, -0.25) is 4.79 Å². The molecule has 2 rings (SSSR count). The van der Waals surface area contributed by atoms with Crippen molar-refractivity contribution in [3.8, 4) is 0 Å². The molecule has 0 bridgehead atoms. The first kappa shape index (κ1) is 20.7. The van der Waals surface area contributed by atoms with Gasteiger partial charge in [-0.05, 0) is 43.9 Å². The van der Waals surface area contributed by atoms with Crippen LogP contribution in [-0.4, -0.2) is 31.0 Å². The average Bonchev–Trinajstić information content (AvgIpc) is 3.34. The van der Waals surface area contributed by atoms with Crippen molar-refractivity contribution in [2.75, 3.05) is 13.1 Å². The van der Waals surface area contributed by atoms with Crippen LogP contribution in [0.1, 0.15) is 38.2 Å². The molecular weight excluding hydrogens is 422 g/mol. The number of hydrogen-bond donors (Lipinski definition) is 3. The van der Waals surface area contributed by atoms with Gasteiger partial charge >= 0.3 is 0 Å². The van der Waals surface area contributed by atoms with E-state index < -0.39 is 0 Å². The lowest BCUT2D eigenvalue weighted by molar-refractivity contribution is -0.121. The number of halogens is 2. The lowest BCUT2D eigenvalue weighted by Gasteiger charge is -2.11. The number of benzene rings is 1. The highest BCUT2D eigenvalue weighted by Gasteiger charge is 2.22. The topological polar surface area (TPSA) is 65.5 Å². The molecule has 0 aromatic heterocycles. The van der Waals surface area contributed by atoms with Crippen LogP contribution in [0.15, 0.2) is 29.3 Å². The third kappa shape index (κ3) is 8.47. The van der Waals surface area contributed by atoms with Gasteiger partial charge in [-0.2, -0.15) is 0 Å². The maximum Gasteiger partial charge on any atom is 0.220 e. The minimum absolute atomic E-state index is 0. The first-order valence-electron chi connectivity index (χ1n) is 8.23. The zero-order chi connectivity index (χ0) is 16.5. The van der Waals surface area contributed by atoms with Crippen LogP contribution in [0.3, 0.4) is 0 Å². The molecule has 24 heavy (non-hydrogen) atoms. The monoisotopic (exact) mass is 448 g/mol. The second kappa shape index (κ2) is 11.2. The third-order valence-corrected chi connectivity index (χ3v) is 3.49. The second-order valence-electron chi connectivity index (χ2n) is 5.69. The van der Waals surface area contributed by atoms with Gasteiger partial charge < -0.3 is 16.0 Å². The van der Waals surface area contributed by atoms with E-state index in [0.717, 1.165) is 31.4 Å². The number of carbonyl (C=O) groups is 1. The molecule has 1 aromatic carbocycles. The Morgan fingerprint density at radius 3 is 2.58 bits per heavy atom. The number of rotatable bonds is 8. The van der Waals surface area contributed by atoms with E-state index >= 15 is 0 Å².